The Kier molecular flexibility index (Phi) is 5.35. The normalized spacial score (nSPS) is 11.0. The van der Waals surface area contributed by atoms with Crippen molar-refractivity contribution in [3.8, 4) is 5.69 Å². The van der Waals surface area contributed by atoms with Crippen LogP contribution in [-0.4, -0.2) is 15.0 Å². The maximum absolute atomic E-state index is 13.7. The average Bonchev–Trinajstić information content (AvgIpc) is 3.16. The molecular weight excluding hydrogens is 480 g/mol. The van der Waals surface area contributed by atoms with Crippen LogP contribution in [0.2, 0.25) is 0 Å². The van der Waals surface area contributed by atoms with Crippen LogP contribution in [0, 0.1) is 11.6 Å². The minimum atomic E-state index is -0.929. The van der Waals surface area contributed by atoms with Crippen molar-refractivity contribution in [2.45, 2.75) is 6.54 Å². The summed E-state index contributed by atoms with van der Waals surface area (Å²) in [6, 6.07) is 10.8. The van der Waals surface area contributed by atoms with Gasteiger partial charge in [0.1, 0.15) is 22.9 Å². The van der Waals surface area contributed by atoms with Gasteiger partial charge in [0.15, 0.2) is 0 Å². The van der Waals surface area contributed by atoms with Crippen LogP contribution in [0.25, 0.3) is 15.9 Å². The molecule has 0 unspecified atom stereocenters. The van der Waals surface area contributed by atoms with E-state index in [1.165, 1.54) is 0 Å². The number of nitrogens with zero attached hydrogens (tertiary/aromatic N) is 2. The van der Waals surface area contributed by atoms with Gasteiger partial charge in [0.05, 0.1) is 11.2 Å². The molecule has 2 aromatic carbocycles. The lowest BCUT2D eigenvalue weighted by molar-refractivity contribution is -0.116. The van der Waals surface area contributed by atoms with Crippen molar-refractivity contribution in [1.82, 2.24) is 9.13 Å². The average molecular weight is 492 g/mol. The van der Waals surface area contributed by atoms with Gasteiger partial charge in [-0.3, -0.25) is 14.2 Å². The van der Waals surface area contributed by atoms with Crippen LogP contribution in [0.4, 0.5) is 14.5 Å². The van der Waals surface area contributed by atoms with Gasteiger partial charge < -0.3 is 5.32 Å². The minimum Gasteiger partial charge on any atom is -0.325 e. The van der Waals surface area contributed by atoms with Crippen molar-refractivity contribution in [1.29, 1.82) is 0 Å². The Morgan fingerprint density at radius 2 is 1.70 bits per heavy atom. The number of carbonyl (C=O) groups is 1. The summed E-state index contributed by atoms with van der Waals surface area (Å²) in [5.41, 5.74) is -1.03. The van der Waals surface area contributed by atoms with Gasteiger partial charge in [0.2, 0.25) is 5.91 Å². The van der Waals surface area contributed by atoms with E-state index in [1.807, 2.05) is 0 Å². The summed E-state index contributed by atoms with van der Waals surface area (Å²) in [5, 5.41) is 4.27. The zero-order valence-corrected chi connectivity index (χ0v) is 17.5. The molecule has 1 amide bonds. The molecular formula is C20H12BrF2N3O3S. The standard InChI is InChI=1S/C20H12BrF2N3O3S/c21-11-1-3-14(4-2-11)24-17(27)10-25-16-5-6-30-18(16)19(28)26(20(25)29)15-8-12(22)7-13(23)9-15/h1-9H,10H2,(H,24,27). The highest BCUT2D eigenvalue weighted by molar-refractivity contribution is 9.10. The monoisotopic (exact) mass is 491 g/mol. The summed E-state index contributed by atoms with van der Waals surface area (Å²) < 4.78 is 30.2. The summed E-state index contributed by atoms with van der Waals surface area (Å²) >= 11 is 4.37. The van der Waals surface area contributed by atoms with Crippen LogP contribution < -0.4 is 16.6 Å². The number of aromatic nitrogens is 2. The van der Waals surface area contributed by atoms with Gasteiger partial charge >= 0.3 is 5.69 Å². The van der Waals surface area contributed by atoms with Gasteiger partial charge in [-0.15, -0.1) is 11.3 Å². The number of benzene rings is 2. The molecule has 0 saturated carbocycles. The number of nitrogens with one attached hydrogen (secondary N) is 1. The Balaban J connectivity index is 1.81. The largest absolute Gasteiger partial charge is 0.336 e. The van der Waals surface area contributed by atoms with Crippen molar-refractivity contribution >= 4 is 49.1 Å². The number of halogens is 3. The van der Waals surface area contributed by atoms with E-state index in [4.69, 9.17) is 0 Å². The first kappa shape index (κ1) is 20.2. The molecule has 152 valence electrons. The predicted molar refractivity (Wildman–Crippen MR) is 114 cm³/mol. The number of anilines is 1. The van der Waals surface area contributed by atoms with Crippen molar-refractivity contribution < 1.29 is 13.6 Å². The molecule has 4 rings (SSSR count). The molecule has 0 fully saturated rings. The second-order valence-corrected chi connectivity index (χ2v) is 8.16. The van der Waals surface area contributed by atoms with E-state index in [9.17, 15) is 23.2 Å². The summed E-state index contributed by atoms with van der Waals surface area (Å²) in [7, 11) is 0. The molecule has 2 aromatic heterocycles. The fourth-order valence-electron chi connectivity index (χ4n) is 3.01. The molecule has 0 bridgehead atoms. The number of hydrogen-bond donors (Lipinski definition) is 1. The van der Waals surface area contributed by atoms with Crippen LogP contribution in [0.5, 0.6) is 0 Å². The maximum atomic E-state index is 13.7. The lowest BCUT2D eigenvalue weighted by Crippen LogP contribution is -2.40. The zero-order valence-electron chi connectivity index (χ0n) is 15.1. The minimum absolute atomic E-state index is 0.190. The van der Waals surface area contributed by atoms with Gasteiger partial charge in [-0.25, -0.2) is 18.1 Å². The summed E-state index contributed by atoms with van der Waals surface area (Å²) in [4.78, 5) is 38.4. The first-order chi connectivity index (χ1) is 14.3. The van der Waals surface area contributed by atoms with Crippen molar-refractivity contribution in [2.75, 3.05) is 5.32 Å². The highest BCUT2D eigenvalue weighted by Gasteiger charge is 2.18. The SMILES string of the molecule is O=C(Cn1c(=O)n(-c2cc(F)cc(F)c2)c(=O)c2sccc21)Nc1ccc(Br)cc1. The molecule has 6 nitrogen and oxygen atoms in total. The van der Waals surface area contributed by atoms with Crippen molar-refractivity contribution in [3.05, 3.63) is 90.9 Å². The van der Waals surface area contributed by atoms with E-state index >= 15 is 0 Å². The summed E-state index contributed by atoms with van der Waals surface area (Å²) in [6.07, 6.45) is 0. The number of hydrogen-bond acceptors (Lipinski definition) is 4. The second-order valence-electron chi connectivity index (χ2n) is 6.33. The first-order valence-electron chi connectivity index (χ1n) is 8.58. The molecule has 0 spiro atoms. The molecule has 0 aliphatic rings. The summed E-state index contributed by atoms with van der Waals surface area (Å²) in [6.45, 7) is -0.389. The third-order valence-corrected chi connectivity index (χ3v) is 5.71. The van der Waals surface area contributed by atoms with E-state index in [0.29, 0.717) is 16.3 Å². The molecule has 4 aromatic rings. The van der Waals surface area contributed by atoms with Gasteiger partial charge in [-0.05, 0) is 47.8 Å². The van der Waals surface area contributed by atoms with E-state index in [0.717, 1.165) is 32.5 Å². The second kappa shape index (κ2) is 7.96. The molecule has 0 aliphatic heterocycles. The Bertz CT molecular complexity index is 1370. The first-order valence-corrected chi connectivity index (χ1v) is 10.3. The van der Waals surface area contributed by atoms with Crippen LogP contribution in [-0.2, 0) is 11.3 Å². The third kappa shape index (κ3) is 3.83. The Hall–Kier alpha value is -3.11. The van der Waals surface area contributed by atoms with Gasteiger partial charge in [0, 0.05) is 16.2 Å². The number of thiophene rings is 1. The molecule has 0 radical (unpaired) electrons. The van der Waals surface area contributed by atoms with E-state index < -0.39 is 28.8 Å². The van der Waals surface area contributed by atoms with Crippen LogP contribution >= 0.6 is 27.3 Å². The molecule has 0 aliphatic carbocycles. The van der Waals surface area contributed by atoms with E-state index in [1.54, 1.807) is 35.7 Å². The van der Waals surface area contributed by atoms with Crippen LogP contribution in [0.15, 0.2) is 68.0 Å². The number of carbonyl (C=O) groups excluding carboxylic acids is 1. The van der Waals surface area contributed by atoms with Crippen molar-refractivity contribution in [2.24, 2.45) is 0 Å². The molecule has 30 heavy (non-hydrogen) atoms. The lowest BCUT2D eigenvalue weighted by Gasteiger charge is -2.13. The highest BCUT2D eigenvalue weighted by atomic mass is 79.9. The maximum Gasteiger partial charge on any atom is 0.336 e. The van der Waals surface area contributed by atoms with Crippen LogP contribution in [0.1, 0.15) is 0 Å². The molecule has 1 N–H and O–H groups in total. The number of amides is 1. The van der Waals surface area contributed by atoms with Gasteiger partial charge in [-0.1, -0.05) is 15.9 Å². The third-order valence-electron chi connectivity index (χ3n) is 4.29. The topological polar surface area (TPSA) is 73.1 Å². The number of fused-ring (bicyclic) bond motifs is 1. The Labute approximate surface area is 180 Å². The Morgan fingerprint density at radius 1 is 1.03 bits per heavy atom. The fourth-order valence-corrected chi connectivity index (χ4v) is 4.10. The van der Waals surface area contributed by atoms with Gasteiger partial charge in [-0.2, -0.15) is 0 Å². The lowest BCUT2D eigenvalue weighted by atomic mass is 10.3. The smallest absolute Gasteiger partial charge is 0.325 e. The van der Waals surface area contributed by atoms with E-state index in [2.05, 4.69) is 21.2 Å². The molecule has 0 atom stereocenters. The molecule has 0 saturated heterocycles. The Morgan fingerprint density at radius 3 is 2.37 bits per heavy atom. The fraction of sp³-hybridized carbons (Fsp3) is 0.0500. The molecule has 10 heteroatoms. The van der Waals surface area contributed by atoms with Crippen molar-refractivity contribution in [3.63, 3.8) is 0 Å². The predicted octanol–water partition coefficient (Wildman–Crippen LogP) is 3.89. The van der Waals surface area contributed by atoms with Crippen LogP contribution in [0.3, 0.4) is 0 Å². The summed E-state index contributed by atoms with van der Waals surface area (Å²) in [5.74, 6) is -2.35. The highest BCUT2D eigenvalue weighted by Crippen LogP contribution is 2.18. The zero-order chi connectivity index (χ0) is 21.4. The van der Waals surface area contributed by atoms with E-state index in [-0.39, 0.29) is 22.4 Å². The van der Waals surface area contributed by atoms with Gasteiger partial charge in [0.25, 0.3) is 5.56 Å². The molecule has 2 heterocycles. The quantitative estimate of drug-likeness (QED) is 0.470. The number of rotatable bonds is 4.